The molecule has 30 heavy (non-hydrogen) atoms. The number of nitrogen functional groups attached to an aromatic ring is 1. The number of hydrogen-bond donors (Lipinski definition) is 3. The maximum absolute atomic E-state index is 12.1. The van der Waals surface area contributed by atoms with Gasteiger partial charge >= 0.3 is 0 Å². The van der Waals surface area contributed by atoms with Crippen LogP contribution in [-0.2, 0) is 4.79 Å². The van der Waals surface area contributed by atoms with Gasteiger partial charge in [0.05, 0.1) is 16.5 Å². The number of pyridine rings is 1. The summed E-state index contributed by atoms with van der Waals surface area (Å²) in [5.74, 6) is 6.73. The molecule has 3 heterocycles. The summed E-state index contributed by atoms with van der Waals surface area (Å²) in [4.78, 5) is 16.1. The highest BCUT2D eigenvalue weighted by molar-refractivity contribution is 7.99. The van der Waals surface area contributed by atoms with Gasteiger partial charge in [0.15, 0.2) is 0 Å². The van der Waals surface area contributed by atoms with Crippen LogP contribution in [0.2, 0.25) is 10.0 Å². The van der Waals surface area contributed by atoms with Gasteiger partial charge in [-0.2, -0.15) is 5.10 Å². The van der Waals surface area contributed by atoms with Gasteiger partial charge in [0, 0.05) is 16.8 Å². The first kappa shape index (κ1) is 20.2. The second-order valence-electron chi connectivity index (χ2n) is 6.05. The summed E-state index contributed by atoms with van der Waals surface area (Å²) in [7, 11) is 0. The molecule has 4 N–H and O–H groups in total. The number of H-pyrrole nitrogens is 1. The normalized spacial score (nSPS) is 10.9. The molecule has 4 aromatic rings. The third-order valence-electron chi connectivity index (χ3n) is 3.95. The predicted octanol–water partition coefficient (Wildman–Crippen LogP) is 3.48. The molecule has 3 aromatic heterocycles. The number of nitrogens with one attached hydrogen (secondary N) is 2. The van der Waals surface area contributed by atoms with Crippen molar-refractivity contribution < 1.29 is 4.79 Å². The zero-order valence-electron chi connectivity index (χ0n) is 15.2. The van der Waals surface area contributed by atoms with Gasteiger partial charge in [-0.3, -0.25) is 9.89 Å². The van der Waals surface area contributed by atoms with E-state index in [1.54, 1.807) is 24.3 Å². The van der Waals surface area contributed by atoms with Crippen LogP contribution in [0.25, 0.3) is 22.8 Å². The van der Waals surface area contributed by atoms with E-state index in [1.807, 2.05) is 18.2 Å². The Morgan fingerprint density at radius 2 is 1.90 bits per heavy atom. The molecule has 0 aliphatic carbocycles. The van der Waals surface area contributed by atoms with Crippen LogP contribution in [0.4, 0.5) is 5.82 Å². The second kappa shape index (κ2) is 8.74. The molecular formula is C18H14Cl2N8OS. The Morgan fingerprint density at radius 1 is 1.13 bits per heavy atom. The van der Waals surface area contributed by atoms with Crippen LogP contribution in [0.3, 0.4) is 0 Å². The Hall–Kier alpha value is -3.08. The van der Waals surface area contributed by atoms with Gasteiger partial charge in [-0.15, -0.1) is 10.2 Å². The van der Waals surface area contributed by atoms with Crippen LogP contribution in [-0.4, -0.2) is 41.7 Å². The van der Waals surface area contributed by atoms with Crippen molar-refractivity contribution in [2.24, 2.45) is 0 Å². The minimum Gasteiger partial charge on any atom is -0.335 e. The Labute approximate surface area is 185 Å². The molecule has 1 aromatic carbocycles. The average Bonchev–Trinajstić information content (AvgIpc) is 3.35. The lowest BCUT2D eigenvalue weighted by Gasteiger charge is -2.04. The number of carbonyl (C=O) groups is 1. The van der Waals surface area contributed by atoms with Gasteiger partial charge in [0.2, 0.25) is 16.9 Å². The van der Waals surface area contributed by atoms with E-state index in [1.165, 1.54) is 10.9 Å². The van der Waals surface area contributed by atoms with Crippen molar-refractivity contribution in [1.29, 1.82) is 0 Å². The number of anilines is 1. The number of carbonyl (C=O) groups excluding carboxylic acids is 1. The zero-order chi connectivity index (χ0) is 21.1. The Kier molecular flexibility index (Phi) is 5.88. The molecule has 0 unspecified atom stereocenters. The highest BCUT2D eigenvalue weighted by Crippen LogP contribution is 2.25. The van der Waals surface area contributed by atoms with Crippen molar-refractivity contribution in [3.63, 3.8) is 0 Å². The van der Waals surface area contributed by atoms with E-state index in [9.17, 15) is 4.79 Å². The Bertz CT molecular complexity index is 1170. The molecule has 0 bridgehead atoms. The van der Waals surface area contributed by atoms with E-state index in [4.69, 9.17) is 29.0 Å². The second-order valence-corrected chi connectivity index (χ2v) is 7.86. The van der Waals surface area contributed by atoms with Gasteiger partial charge in [-0.25, -0.2) is 9.66 Å². The van der Waals surface area contributed by atoms with E-state index in [2.05, 4.69) is 30.7 Å². The van der Waals surface area contributed by atoms with Crippen molar-refractivity contribution in [3.8, 4) is 22.8 Å². The molecule has 0 radical (unpaired) electrons. The van der Waals surface area contributed by atoms with E-state index in [-0.39, 0.29) is 11.7 Å². The summed E-state index contributed by atoms with van der Waals surface area (Å²) in [6.45, 7) is 0. The van der Waals surface area contributed by atoms with E-state index in [0.29, 0.717) is 38.2 Å². The molecule has 0 aliphatic rings. The van der Waals surface area contributed by atoms with Crippen LogP contribution in [0, 0.1) is 0 Å². The highest BCUT2D eigenvalue weighted by atomic mass is 35.5. The molecule has 0 saturated carbocycles. The minimum absolute atomic E-state index is 0.0820. The highest BCUT2D eigenvalue weighted by Gasteiger charge is 2.16. The number of aromatic amines is 1. The van der Waals surface area contributed by atoms with Crippen molar-refractivity contribution in [1.82, 2.24) is 30.1 Å². The number of halogens is 2. The van der Waals surface area contributed by atoms with Crippen molar-refractivity contribution in [2.75, 3.05) is 16.9 Å². The van der Waals surface area contributed by atoms with Crippen molar-refractivity contribution >= 4 is 46.7 Å². The maximum Gasteiger partial charge on any atom is 0.236 e. The van der Waals surface area contributed by atoms with Gasteiger partial charge in [0.1, 0.15) is 11.5 Å². The summed E-state index contributed by atoms with van der Waals surface area (Å²) in [6.07, 6.45) is 1.45. The number of rotatable bonds is 6. The molecule has 12 heteroatoms. The number of aromatic nitrogens is 6. The lowest BCUT2D eigenvalue weighted by molar-refractivity contribution is -0.113. The smallest absolute Gasteiger partial charge is 0.236 e. The molecule has 4 rings (SSSR count). The average molecular weight is 461 g/mol. The quantitative estimate of drug-likeness (QED) is 0.296. The SMILES string of the molecule is Nn1c(SCC(=O)Nc2ccc(Cl)cn2)nnc1-c1cc(-c2ccc(Cl)cc2)n[nH]1. The Balaban J connectivity index is 1.42. The van der Waals surface area contributed by atoms with Gasteiger partial charge in [-0.1, -0.05) is 47.1 Å². The predicted molar refractivity (Wildman–Crippen MR) is 117 cm³/mol. The Morgan fingerprint density at radius 3 is 2.63 bits per heavy atom. The van der Waals surface area contributed by atoms with E-state index >= 15 is 0 Å². The monoisotopic (exact) mass is 460 g/mol. The summed E-state index contributed by atoms with van der Waals surface area (Å²) >= 11 is 12.8. The van der Waals surface area contributed by atoms with Crippen molar-refractivity contribution in [3.05, 3.63) is 58.7 Å². The fourth-order valence-electron chi connectivity index (χ4n) is 2.52. The van der Waals surface area contributed by atoms with Crippen LogP contribution in [0.5, 0.6) is 0 Å². The van der Waals surface area contributed by atoms with Crippen LogP contribution >= 0.6 is 35.0 Å². The number of hydrogen-bond acceptors (Lipinski definition) is 7. The number of benzene rings is 1. The van der Waals surface area contributed by atoms with Gasteiger partial charge in [-0.05, 0) is 30.3 Å². The maximum atomic E-state index is 12.1. The molecule has 0 aliphatic heterocycles. The first-order valence-electron chi connectivity index (χ1n) is 8.56. The van der Waals surface area contributed by atoms with Crippen LogP contribution in [0.15, 0.2) is 53.8 Å². The summed E-state index contributed by atoms with van der Waals surface area (Å²) in [5.41, 5.74) is 2.21. The fourth-order valence-corrected chi connectivity index (χ4v) is 3.42. The lowest BCUT2D eigenvalue weighted by Crippen LogP contribution is -2.17. The molecule has 0 fully saturated rings. The summed E-state index contributed by atoms with van der Waals surface area (Å²) in [5, 5.41) is 19.5. The summed E-state index contributed by atoms with van der Waals surface area (Å²) < 4.78 is 1.30. The third-order valence-corrected chi connectivity index (χ3v) is 5.37. The molecular weight excluding hydrogens is 447 g/mol. The molecule has 0 spiro atoms. The molecule has 152 valence electrons. The van der Waals surface area contributed by atoms with Crippen molar-refractivity contribution in [2.45, 2.75) is 5.16 Å². The van der Waals surface area contributed by atoms with E-state index in [0.717, 1.165) is 17.3 Å². The topological polar surface area (TPSA) is 127 Å². The zero-order valence-corrected chi connectivity index (χ0v) is 17.5. The fraction of sp³-hybridized carbons (Fsp3) is 0.0556. The van der Waals surface area contributed by atoms with Gasteiger partial charge < -0.3 is 11.2 Å². The van der Waals surface area contributed by atoms with Gasteiger partial charge in [0.25, 0.3) is 0 Å². The largest absolute Gasteiger partial charge is 0.335 e. The first-order valence-corrected chi connectivity index (χ1v) is 10.3. The molecule has 9 nitrogen and oxygen atoms in total. The first-order chi connectivity index (χ1) is 14.5. The van der Waals surface area contributed by atoms with Crippen LogP contribution in [0.1, 0.15) is 0 Å². The number of amides is 1. The molecule has 1 amide bonds. The summed E-state index contributed by atoms with van der Waals surface area (Å²) in [6, 6.07) is 12.4. The molecule has 0 atom stereocenters. The third kappa shape index (κ3) is 4.56. The number of thioether (sulfide) groups is 1. The number of nitrogens with two attached hydrogens (primary N) is 1. The number of nitrogens with zero attached hydrogens (tertiary/aromatic N) is 5. The molecule has 0 saturated heterocycles. The van der Waals surface area contributed by atoms with Crippen LogP contribution < -0.4 is 11.2 Å². The van der Waals surface area contributed by atoms with E-state index < -0.39 is 0 Å². The standard InChI is InChI=1S/C18H14Cl2N8OS/c19-11-3-1-10(2-4-11)13-7-14(25-24-13)17-26-27-18(28(17)21)30-9-16(29)23-15-6-5-12(20)8-22-15/h1-8H,9,21H2,(H,24,25)(H,22,23,29). The lowest BCUT2D eigenvalue weighted by atomic mass is 10.1. The minimum atomic E-state index is -0.258.